The zero-order valence-corrected chi connectivity index (χ0v) is 11.3. The second-order valence-electron chi connectivity index (χ2n) is 4.34. The third kappa shape index (κ3) is 4.86. The van der Waals surface area contributed by atoms with Crippen LogP contribution in [0.15, 0.2) is 18.2 Å². The van der Waals surface area contributed by atoms with Crippen molar-refractivity contribution in [2.75, 3.05) is 6.61 Å². The van der Waals surface area contributed by atoms with Gasteiger partial charge in [-0.15, -0.1) is 0 Å². The largest absolute Gasteiger partial charge is 0.506 e. The van der Waals surface area contributed by atoms with E-state index in [2.05, 4.69) is 13.8 Å². The molecule has 0 aliphatic heterocycles. The number of hydrogen-bond donors (Lipinski definition) is 1. The van der Waals surface area contributed by atoms with Gasteiger partial charge in [0, 0.05) is 6.07 Å². The van der Waals surface area contributed by atoms with Gasteiger partial charge in [-0.3, -0.25) is 0 Å². The first kappa shape index (κ1) is 14.2. The Morgan fingerprint density at radius 1 is 1.35 bits per heavy atom. The summed E-state index contributed by atoms with van der Waals surface area (Å²) < 4.78 is 5.70. The molecule has 2 nitrogen and oxygen atoms in total. The summed E-state index contributed by atoms with van der Waals surface area (Å²) in [4.78, 5) is 0. The fraction of sp³-hybridized carbons (Fsp3) is 0.571. The van der Waals surface area contributed by atoms with Crippen molar-refractivity contribution in [1.29, 1.82) is 0 Å². The molecule has 0 radical (unpaired) electrons. The summed E-state index contributed by atoms with van der Waals surface area (Å²) in [5.41, 5.74) is 0. The second-order valence-corrected chi connectivity index (χ2v) is 4.75. The molecule has 0 heterocycles. The minimum absolute atomic E-state index is 0.0945. The Morgan fingerprint density at radius 2 is 2.12 bits per heavy atom. The standard InChI is InChI=1S/C14H21ClO2/c1-3-5-6-11(4-2)10-17-12-7-8-14(16)13(15)9-12/h7-9,11,16H,3-6,10H2,1-2H3. The molecular weight excluding hydrogens is 236 g/mol. The summed E-state index contributed by atoms with van der Waals surface area (Å²) in [6.45, 7) is 5.11. The van der Waals surface area contributed by atoms with Gasteiger partial charge in [-0.2, -0.15) is 0 Å². The molecule has 1 aromatic carbocycles. The first-order valence-electron chi connectivity index (χ1n) is 6.28. The molecule has 0 saturated carbocycles. The zero-order valence-electron chi connectivity index (χ0n) is 10.6. The third-order valence-corrected chi connectivity index (χ3v) is 3.25. The van der Waals surface area contributed by atoms with Gasteiger partial charge in [0.25, 0.3) is 0 Å². The molecule has 1 aromatic rings. The SMILES string of the molecule is CCCCC(CC)COc1ccc(O)c(Cl)c1. The Labute approximate surface area is 109 Å². The highest BCUT2D eigenvalue weighted by Gasteiger charge is 2.07. The number of aromatic hydroxyl groups is 1. The molecule has 1 atom stereocenters. The van der Waals surface area contributed by atoms with E-state index >= 15 is 0 Å². The first-order valence-corrected chi connectivity index (χ1v) is 6.66. The molecule has 0 amide bonds. The van der Waals surface area contributed by atoms with E-state index in [0.29, 0.717) is 10.9 Å². The van der Waals surface area contributed by atoms with Gasteiger partial charge in [0.1, 0.15) is 11.5 Å². The minimum atomic E-state index is 0.0945. The van der Waals surface area contributed by atoms with Crippen LogP contribution in [0.5, 0.6) is 11.5 Å². The number of halogens is 1. The topological polar surface area (TPSA) is 29.5 Å². The zero-order chi connectivity index (χ0) is 12.7. The Kier molecular flexibility index (Phi) is 6.20. The van der Waals surface area contributed by atoms with Crippen LogP contribution in [0.3, 0.4) is 0 Å². The Bertz CT molecular complexity index is 339. The predicted octanol–water partition coefficient (Wildman–Crippen LogP) is 4.64. The van der Waals surface area contributed by atoms with E-state index in [1.165, 1.54) is 19.3 Å². The number of hydrogen-bond acceptors (Lipinski definition) is 2. The molecule has 0 spiro atoms. The van der Waals surface area contributed by atoms with Crippen molar-refractivity contribution in [2.45, 2.75) is 39.5 Å². The van der Waals surface area contributed by atoms with Gasteiger partial charge < -0.3 is 9.84 Å². The predicted molar refractivity (Wildman–Crippen MR) is 71.9 cm³/mol. The fourth-order valence-electron chi connectivity index (χ4n) is 1.69. The van der Waals surface area contributed by atoms with Gasteiger partial charge in [0.2, 0.25) is 0 Å². The van der Waals surface area contributed by atoms with Crippen molar-refractivity contribution >= 4 is 11.6 Å². The van der Waals surface area contributed by atoms with Gasteiger partial charge in [-0.1, -0.05) is 44.7 Å². The fourth-order valence-corrected chi connectivity index (χ4v) is 1.86. The summed E-state index contributed by atoms with van der Waals surface area (Å²) in [5, 5.41) is 9.63. The van der Waals surface area contributed by atoms with E-state index in [1.807, 2.05) is 0 Å². The van der Waals surface area contributed by atoms with Crippen LogP contribution in [-0.4, -0.2) is 11.7 Å². The van der Waals surface area contributed by atoms with E-state index in [0.717, 1.165) is 18.8 Å². The molecule has 0 saturated heterocycles. The van der Waals surface area contributed by atoms with Crippen LogP contribution in [-0.2, 0) is 0 Å². The van der Waals surface area contributed by atoms with Gasteiger partial charge >= 0.3 is 0 Å². The van der Waals surface area contributed by atoms with Crippen molar-refractivity contribution in [1.82, 2.24) is 0 Å². The van der Waals surface area contributed by atoms with Gasteiger partial charge in [-0.25, -0.2) is 0 Å². The van der Waals surface area contributed by atoms with Crippen LogP contribution in [0.4, 0.5) is 0 Å². The van der Waals surface area contributed by atoms with E-state index in [-0.39, 0.29) is 5.75 Å². The second kappa shape index (κ2) is 7.44. The maximum absolute atomic E-state index is 9.30. The smallest absolute Gasteiger partial charge is 0.134 e. The molecule has 0 aliphatic carbocycles. The molecule has 0 bridgehead atoms. The minimum Gasteiger partial charge on any atom is -0.506 e. The maximum Gasteiger partial charge on any atom is 0.134 e. The van der Waals surface area contributed by atoms with Gasteiger partial charge in [0.15, 0.2) is 0 Å². The van der Waals surface area contributed by atoms with E-state index in [1.54, 1.807) is 18.2 Å². The normalized spacial score (nSPS) is 12.4. The van der Waals surface area contributed by atoms with Gasteiger partial charge in [0.05, 0.1) is 11.6 Å². The summed E-state index contributed by atoms with van der Waals surface area (Å²) in [6.07, 6.45) is 4.81. The number of phenolic OH excluding ortho intramolecular Hbond substituents is 1. The maximum atomic E-state index is 9.30. The number of phenols is 1. The molecule has 0 aromatic heterocycles. The Balaban J connectivity index is 2.45. The molecule has 96 valence electrons. The van der Waals surface area contributed by atoms with Crippen LogP contribution in [0.2, 0.25) is 5.02 Å². The van der Waals surface area contributed by atoms with Gasteiger partial charge in [-0.05, 0) is 24.5 Å². The van der Waals surface area contributed by atoms with E-state index < -0.39 is 0 Å². The molecule has 0 fully saturated rings. The highest BCUT2D eigenvalue weighted by molar-refractivity contribution is 6.32. The highest BCUT2D eigenvalue weighted by Crippen LogP contribution is 2.27. The van der Waals surface area contributed by atoms with Crippen LogP contribution < -0.4 is 4.74 Å². The van der Waals surface area contributed by atoms with Crippen molar-refractivity contribution in [3.8, 4) is 11.5 Å². The number of ether oxygens (including phenoxy) is 1. The lowest BCUT2D eigenvalue weighted by Gasteiger charge is -2.15. The first-order chi connectivity index (χ1) is 8.17. The molecule has 3 heteroatoms. The number of unbranched alkanes of at least 4 members (excludes halogenated alkanes) is 1. The molecule has 1 N–H and O–H groups in total. The van der Waals surface area contributed by atoms with Crippen LogP contribution >= 0.6 is 11.6 Å². The summed E-state index contributed by atoms with van der Waals surface area (Å²) >= 11 is 5.82. The summed E-state index contributed by atoms with van der Waals surface area (Å²) in [5.74, 6) is 1.42. The monoisotopic (exact) mass is 256 g/mol. The number of benzene rings is 1. The highest BCUT2D eigenvalue weighted by atomic mass is 35.5. The average molecular weight is 257 g/mol. The summed E-state index contributed by atoms with van der Waals surface area (Å²) in [6, 6.07) is 4.96. The van der Waals surface area contributed by atoms with E-state index in [9.17, 15) is 5.11 Å². The third-order valence-electron chi connectivity index (χ3n) is 2.95. The summed E-state index contributed by atoms with van der Waals surface area (Å²) in [7, 11) is 0. The van der Waals surface area contributed by atoms with Crippen molar-refractivity contribution in [3.63, 3.8) is 0 Å². The molecule has 0 aliphatic rings. The Hall–Kier alpha value is -0.890. The molecule has 17 heavy (non-hydrogen) atoms. The van der Waals surface area contributed by atoms with Crippen molar-refractivity contribution < 1.29 is 9.84 Å². The van der Waals surface area contributed by atoms with Crippen molar-refractivity contribution in [3.05, 3.63) is 23.2 Å². The van der Waals surface area contributed by atoms with Crippen LogP contribution in [0, 0.1) is 5.92 Å². The van der Waals surface area contributed by atoms with Crippen molar-refractivity contribution in [2.24, 2.45) is 5.92 Å². The van der Waals surface area contributed by atoms with Crippen LogP contribution in [0.25, 0.3) is 0 Å². The quantitative estimate of drug-likeness (QED) is 0.770. The molecule has 1 unspecified atom stereocenters. The number of rotatable bonds is 7. The lowest BCUT2D eigenvalue weighted by Crippen LogP contribution is -2.11. The molecule has 1 rings (SSSR count). The lowest BCUT2D eigenvalue weighted by atomic mass is 10.0. The van der Waals surface area contributed by atoms with E-state index in [4.69, 9.17) is 16.3 Å². The van der Waals surface area contributed by atoms with Crippen LogP contribution in [0.1, 0.15) is 39.5 Å². The molecular formula is C14H21ClO2. The Morgan fingerprint density at radius 3 is 2.71 bits per heavy atom. The lowest BCUT2D eigenvalue weighted by molar-refractivity contribution is 0.233. The average Bonchev–Trinajstić information content (AvgIpc) is 2.34.